The minimum Gasteiger partial charge on any atom is -0.354 e. The third kappa shape index (κ3) is 3.56. The average molecular weight is 263 g/mol. The molecule has 1 fully saturated rings. The molecule has 1 N–H and O–H groups in total. The molecule has 0 aromatic carbocycles. The quantitative estimate of drug-likeness (QED) is 0.877. The van der Waals surface area contributed by atoms with Gasteiger partial charge in [-0.2, -0.15) is 4.98 Å². The number of hydrogen-bond acceptors (Lipinski definition) is 5. The summed E-state index contributed by atoms with van der Waals surface area (Å²) in [4.78, 5) is 24.1. The number of anilines is 2. The molecule has 0 spiro atoms. The first-order chi connectivity index (χ1) is 9.20. The van der Waals surface area contributed by atoms with Crippen LogP contribution in [-0.4, -0.2) is 53.5 Å². The van der Waals surface area contributed by atoms with E-state index in [2.05, 4.69) is 27.1 Å². The Kier molecular flexibility index (Phi) is 4.54. The van der Waals surface area contributed by atoms with E-state index in [0.717, 1.165) is 45.0 Å². The van der Waals surface area contributed by atoms with Gasteiger partial charge in [0.15, 0.2) is 0 Å². The van der Waals surface area contributed by atoms with Crippen LogP contribution in [0.25, 0.3) is 0 Å². The van der Waals surface area contributed by atoms with E-state index >= 15 is 0 Å². The van der Waals surface area contributed by atoms with Crippen LogP contribution in [0.5, 0.6) is 0 Å². The average Bonchev–Trinajstić information content (AvgIpc) is 2.45. The Morgan fingerprint density at radius 2 is 2.11 bits per heavy atom. The molecule has 1 saturated heterocycles. The van der Waals surface area contributed by atoms with Gasteiger partial charge in [-0.15, -0.1) is 0 Å². The Balaban J connectivity index is 1.97. The van der Waals surface area contributed by atoms with Crippen molar-refractivity contribution in [2.24, 2.45) is 0 Å². The minimum absolute atomic E-state index is 0.146. The van der Waals surface area contributed by atoms with Crippen molar-refractivity contribution < 1.29 is 4.79 Å². The van der Waals surface area contributed by atoms with E-state index < -0.39 is 0 Å². The summed E-state index contributed by atoms with van der Waals surface area (Å²) in [5.41, 5.74) is 0. The number of nitrogens with one attached hydrogen (secondary N) is 1. The van der Waals surface area contributed by atoms with E-state index in [4.69, 9.17) is 0 Å². The topological polar surface area (TPSA) is 61.4 Å². The zero-order chi connectivity index (χ0) is 13.7. The van der Waals surface area contributed by atoms with Crippen molar-refractivity contribution in [1.82, 2.24) is 14.9 Å². The smallest absolute Gasteiger partial charge is 0.224 e. The number of rotatable bonds is 4. The summed E-state index contributed by atoms with van der Waals surface area (Å²) < 4.78 is 0. The number of aromatic nitrogens is 2. The van der Waals surface area contributed by atoms with Gasteiger partial charge in [-0.05, 0) is 12.5 Å². The summed E-state index contributed by atoms with van der Waals surface area (Å²) in [6, 6.07) is 1.92. The summed E-state index contributed by atoms with van der Waals surface area (Å²) in [7, 11) is 0. The van der Waals surface area contributed by atoms with Crippen LogP contribution in [0, 0.1) is 0 Å². The van der Waals surface area contributed by atoms with E-state index in [-0.39, 0.29) is 5.91 Å². The van der Waals surface area contributed by atoms with Crippen LogP contribution in [0.4, 0.5) is 11.8 Å². The lowest BCUT2D eigenvalue weighted by atomic mass is 10.3. The second-order valence-corrected chi connectivity index (χ2v) is 4.66. The zero-order valence-corrected chi connectivity index (χ0v) is 11.6. The first kappa shape index (κ1) is 13.6. The largest absolute Gasteiger partial charge is 0.354 e. The van der Waals surface area contributed by atoms with Crippen LogP contribution in [0.3, 0.4) is 0 Å². The van der Waals surface area contributed by atoms with Gasteiger partial charge in [0.05, 0.1) is 0 Å². The van der Waals surface area contributed by atoms with Crippen molar-refractivity contribution in [3.8, 4) is 0 Å². The summed E-state index contributed by atoms with van der Waals surface area (Å²) in [5, 5.41) is 3.19. The van der Waals surface area contributed by atoms with Crippen LogP contribution < -0.4 is 10.2 Å². The molecule has 19 heavy (non-hydrogen) atoms. The molecule has 0 bridgehead atoms. The van der Waals surface area contributed by atoms with Crippen LogP contribution in [0.15, 0.2) is 12.3 Å². The normalized spacial score (nSPS) is 15.5. The van der Waals surface area contributed by atoms with E-state index in [9.17, 15) is 4.79 Å². The number of carbonyl (C=O) groups is 1. The SMILES string of the molecule is CCCNc1nccc(N2CCN(C(C)=O)CC2)n1. The number of amides is 1. The van der Waals surface area contributed by atoms with Gasteiger partial charge in [0.1, 0.15) is 5.82 Å². The van der Waals surface area contributed by atoms with Crippen molar-refractivity contribution in [2.45, 2.75) is 20.3 Å². The highest BCUT2D eigenvalue weighted by molar-refractivity contribution is 5.73. The molecule has 1 aromatic rings. The monoisotopic (exact) mass is 263 g/mol. The van der Waals surface area contributed by atoms with Gasteiger partial charge < -0.3 is 15.1 Å². The molecule has 104 valence electrons. The van der Waals surface area contributed by atoms with E-state index in [1.165, 1.54) is 0 Å². The van der Waals surface area contributed by atoms with Gasteiger partial charge in [0.25, 0.3) is 0 Å². The standard InChI is InChI=1S/C13H21N5O/c1-3-5-14-13-15-6-4-12(16-13)18-9-7-17(8-10-18)11(2)19/h4,6H,3,5,7-10H2,1-2H3,(H,14,15,16). The molecule has 0 unspecified atom stereocenters. The molecule has 6 heteroatoms. The minimum atomic E-state index is 0.146. The fourth-order valence-electron chi connectivity index (χ4n) is 2.10. The molecule has 1 amide bonds. The van der Waals surface area contributed by atoms with Gasteiger partial charge in [0.2, 0.25) is 11.9 Å². The molecule has 0 saturated carbocycles. The van der Waals surface area contributed by atoms with E-state index in [1.807, 2.05) is 11.0 Å². The Hall–Kier alpha value is -1.85. The maximum Gasteiger partial charge on any atom is 0.224 e. The lowest BCUT2D eigenvalue weighted by Gasteiger charge is -2.34. The second kappa shape index (κ2) is 6.36. The molecular weight excluding hydrogens is 242 g/mol. The summed E-state index contributed by atoms with van der Waals surface area (Å²) in [6.45, 7) is 7.77. The lowest BCUT2D eigenvalue weighted by molar-refractivity contribution is -0.129. The second-order valence-electron chi connectivity index (χ2n) is 4.66. The van der Waals surface area contributed by atoms with Crippen molar-refractivity contribution in [2.75, 3.05) is 42.9 Å². The number of hydrogen-bond donors (Lipinski definition) is 1. The summed E-state index contributed by atoms with van der Waals surface area (Å²) in [6.07, 6.45) is 2.82. The van der Waals surface area contributed by atoms with Crippen molar-refractivity contribution in [1.29, 1.82) is 0 Å². The predicted molar refractivity (Wildman–Crippen MR) is 75.3 cm³/mol. The maximum absolute atomic E-state index is 11.3. The molecule has 2 heterocycles. The molecule has 0 radical (unpaired) electrons. The molecule has 0 atom stereocenters. The zero-order valence-electron chi connectivity index (χ0n) is 11.6. The van der Waals surface area contributed by atoms with Gasteiger partial charge in [0, 0.05) is 45.8 Å². The number of carbonyl (C=O) groups excluding carboxylic acids is 1. The Morgan fingerprint density at radius 1 is 1.37 bits per heavy atom. The van der Waals surface area contributed by atoms with Gasteiger partial charge in [-0.25, -0.2) is 4.98 Å². The van der Waals surface area contributed by atoms with Gasteiger partial charge >= 0.3 is 0 Å². The van der Waals surface area contributed by atoms with Crippen LogP contribution >= 0.6 is 0 Å². The molecule has 2 rings (SSSR count). The highest BCUT2D eigenvalue weighted by Gasteiger charge is 2.19. The first-order valence-electron chi connectivity index (χ1n) is 6.78. The van der Waals surface area contributed by atoms with Crippen molar-refractivity contribution >= 4 is 17.7 Å². The molecule has 1 aliphatic rings. The first-order valence-corrected chi connectivity index (χ1v) is 6.78. The van der Waals surface area contributed by atoms with E-state index in [0.29, 0.717) is 5.95 Å². The molecule has 6 nitrogen and oxygen atoms in total. The summed E-state index contributed by atoms with van der Waals surface area (Å²) >= 11 is 0. The molecule has 0 aliphatic carbocycles. The van der Waals surface area contributed by atoms with Crippen molar-refractivity contribution in [3.05, 3.63) is 12.3 Å². The molecular formula is C13H21N5O. The van der Waals surface area contributed by atoms with Gasteiger partial charge in [-0.1, -0.05) is 6.92 Å². The van der Waals surface area contributed by atoms with Crippen LogP contribution in [0.2, 0.25) is 0 Å². The highest BCUT2D eigenvalue weighted by Crippen LogP contribution is 2.14. The Morgan fingerprint density at radius 3 is 2.74 bits per heavy atom. The number of piperazine rings is 1. The molecule has 1 aliphatic heterocycles. The fraction of sp³-hybridized carbons (Fsp3) is 0.615. The predicted octanol–water partition coefficient (Wildman–Crippen LogP) is 0.967. The Bertz CT molecular complexity index is 429. The third-order valence-corrected chi connectivity index (χ3v) is 3.22. The summed E-state index contributed by atoms with van der Waals surface area (Å²) in [5.74, 6) is 1.75. The fourth-order valence-corrected chi connectivity index (χ4v) is 2.10. The Labute approximate surface area is 113 Å². The van der Waals surface area contributed by atoms with Crippen LogP contribution in [-0.2, 0) is 4.79 Å². The number of nitrogens with zero attached hydrogens (tertiary/aromatic N) is 4. The van der Waals surface area contributed by atoms with Crippen molar-refractivity contribution in [3.63, 3.8) is 0 Å². The van der Waals surface area contributed by atoms with E-state index in [1.54, 1.807) is 13.1 Å². The lowest BCUT2D eigenvalue weighted by Crippen LogP contribution is -2.48. The maximum atomic E-state index is 11.3. The van der Waals surface area contributed by atoms with Gasteiger partial charge in [-0.3, -0.25) is 4.79 Å². The highest BCUT2D eigenvalue weighted by atomic mass is 16.2. The third-order valence-electron chi connectivity index (χ3n) is 3.22. The molecule has 1 aromatic heterocycles. The van der Waals surface area contributed by atoms with Crippen LogP contribution in [0.1, 0.15) is 20.3 Å².